The Hall–Kier alpha value is -2.90. The number of ether oxygens (including phenoxy) is 2. The Morgan fingerprint density at radius 3 is 1.62 bits per heavy atom. The lowest BCUT2D eigenvalue weighted by Gasteiger charge is -2.09. The van der Waals surface area contributed by atoms with Gasteiger partial charge in [-0.3, -0.25) is 19.2 Å². The highest BCUT2D eigenvalue weighted by Gasteiger charge is 2.09. The molecule has 1 aromatic rings. The number of nitrogens with one attached hydrogen (secondary N) is 2. The Balaban J connectivity index is 2.51. The van der Waals surface area contributed by atoms with E-state index in [1.54, 1.807) is 32.0 Å². The third kappa shape index (κ3) is 7.39. The molecule has 8 heteroatoms. The summed E-state index contributed by atoms with van der Waals surface area (Å²) in [5.74, 6) is -1.91. The van der Waals surface area contributed by atoms with Gasteiger partial charge in [-0.1, -0.05) is 19.9 Å². The largest absolute Gasteiger partial charge is 0.456 e. The van der Waals surface area contributed by atoms with Crippen molar-refractivity contribution in [2.75, 3.05) is 23.8 Å². The zero-order chi connectivity index (χ0) is 17.9. The first-order chi connectivity index (χ1) is 11.4. The van der Waals surface area contributed by atoms with Gasteiger partial charge in [0.1, 0.15) is 0 Å². The van der Waals surface area contributed by atoms with Crippen molar-refractivity contribution in [3.8, 4) is 0 Å². The predicted octanol–water partition coefficient (Wildman–Crippen LogP) is 1.47. The summed E-state index contributed by atoms with van der Waals surface area (Å²) in [6.45, 7) is 2.50. The molecular formula is C16H20N2O6. The van der Waals surface area contributed by atoms with Crippen LogP contribution in [0.1, 0.15) is 26.7 Å². The average Bonchev–Trinajstić information content (AvgIpc) is 2.57. The van der Waals surface area contributed by atoms with Crippen molar-refractivity contribution in [3.63, 3.8) is 0 Å². The third-order valence-electron chi connectivity index (χ3n) is 2.74. The molecule has 0 saturated carbocycles. The summed E-state index contributed by atoms with van der Waals surface area (Å²) in [7, 11) is 0. The van der Waals surface area contributed by atoms with Crippen molar-refractivity contribution in [3.05, 3.63) is 24.3 Å². The molecule has 2 amide bonds. The summed E-state index contributed by atoms with van der Waals surface area (Å²) in [4.78, 5) is 45.3. The molecule has 1 rings (SSSR count). The second kappa shape index (κ2) is 9.98. The summed E-state index contributed by atoms with van der Waals surface area (Å²) >= 11 is 0. The molecule has 0 spiro atoms. The highest BCUT2D eigenvalue weighted by molar-refractivity contribution is 5.95. The van der Waals surface area contributed by atoms with E-state index in [1.807, 2.05) is 0 Å². The molecule has 0 aliphatic heterocycles. The minimum absolute atomic E-state index is 0.192. The van der Waals surface area contributed by atoms with Gasteiger partial charge in [-0.15, -0.1) is 0 Å². The van der Waals surface area contributed by atoms with Gasteiger partial charge >= 0.3 is 11.9 Å². The van der Waals surface area contributed by atoms with Crippen LogP contribution < -0.4 is 10.6 Å². The first-order valence-electron chi connectivity index (χ1n) is 7.45. The molecule has 0 atom stereocenters. The SMILES string of the molecule is CCC(=O)OCC(=O)Nc1cccc(NC(=O)COC(=O)CC)c1. The van der Waals surface area contributed by atoms with Crippen molar-refractivity contribution < 1.29 is 28.7 Å². The van der Waals surface area contributed by atoms with Crippen LogP contribution in [0.4, 0.5) is 11.4 Å². The highest BCUT2D eigenvalue weighted by atomic mass is 16.5. The van der Waals surface area contributed by atoms with Gasteiger partial charge in [0.25, 0.3) is 11.8 Å². The summed E-state index contributed by atoms with van der Waals surface area (Å²) in [6, 6.07) is 6.39. The first-order valence-corrected chi connectivity index (χ1v) is 7.45. The normalized spacial score (nSPS) is 9.75. The standard InChI is InChI=1S/C16H20N2O6/c1-3-15(21)23-9-13(19)17-11-6-5-7-12(8-11)18-14(20)10-24-16(22)4-2/h5-8H,3-4,9-10H2,1-2H3,(H,17,19)(H,18,20). The fraction of sp³-hybridized carbons (Fsp3) is 0.375. The number of esters is 2. The van der Waals surface area contributed by atoms with E-state index in [2.05, 4.69) is 10.6 Å². The zero-order valence-electron chi connectivity index (χ0n) is 13.6. The second-order valence-electron chi connectivity index (χ2n) is 4.71. The minimum Gasteiger partial charge on any atom is -0.456 e. The van der Waals surface area contributed by atoms with E-state index < -0.39 is 23.8 Å². The first kappa shape index (κ1) is 19.1. The molecule has 24 heavy (non-hydrogen) atoms. The number of carbonyl (C=O) groups excluding carboxylic acids is 4. The molecule has 0 heterocycles. The minimum atomic E-state index is -0.489. The number of hydrogen-bond donors (Lipinski definition) is 2. The van der Waals surface area contributed by atoms with E-state index >= 15 is 0 Å². The van der Waals surface area contributed by atoms with Gasteiger partial charge in [0.15, 0.2) is 13.2 Å². The number of anilines is 2. The summed E-state index contributed by atoms with van der Waals surface area (Å²) in [5, 5.41) is 5.08. The van der Waals surface area contributed by atoms with Crippen LogP contribution in [-0.4, -0.2) is 37.0 Å². The molecule has 2 N–H and O–H groups in total. The smallest absolute Gasteiger partial charge is 0.306 e. The molecule has 0 fully saturated rings. The molecular weight excluding hydrogens is 316 g/mol. The van der Waals surface area contributed by atoms with Crippen molar-refractivity contribution >= 4 is 35.1 Å². The van der Waals surface area contributed by atoms with Crippen LogP contribution in [0.3, 0.4) is 0 Å². The highest BCUT2D eigenvalue weighted by Crippen LogP contribution is 2.15. The van der Waals surface area contributed by atoms with E-state index in [0.29, 0.717) is 11.4 Å². The van der Waals surface area contributed by atoms with E-state index in [9.17, 15) is 19.2 Å². The zero-order valence-corrected chi connectivity index (χ0v) is 13.6. The number of carbonyl (C=O) groups is 4. The van der Waals surface area contributed by atoms with Gasteiger partial charge < -0.3 is 20.1 Å². The van der Waals surface area contributed by atoms with Crippen LogP contribution in [0, 0.1) is 0 Å². The van der Waals surface area contributed by atoms with Crippen LogP contribution in [0.5, 0.6) is 0 Å². The maximum Gasteiger partial charge on any atom is 0.306 e. The van der Waals surface area contributed by atoms with Crippen LogP contribution >= 0.6 is 0 Å². The molecule has 0 saturated heterocycles. The third-order valence-corrected chi connectivity index (χ3v) is 2.74. The number of hydrogen-bond acceptors (Lipinski definition) is 6. The topological polar surface area (TPSA) is 111 Å². The Labute approximate surface area is 139 Å². The molecule has 130 valence electrons. The molecule has 0 aliphatic rings. The van der Waals surface area contributed by atoms with Crippen molar-refractivity contribution in [1.29, 1.82) is 0 Å². The Bertz CT molecular complexity index is 565. The van der Waals surface area contributed by atoms with E-state index in [1.165, 1.54) is 6.07 Å². The Kier molecular flexibility index (Phi) is 7.97. The molecule has 0 aliphatic carbocycles. The summed E-state index contributed by atoms with van der Waals surface area (Å²) in [6.07, 6.45) is 0.384. The average molecular weight is 336 g/mol. The second-order valence-corrected chi connectivity index (χ2v) is 4.71. The maximum atomic E-state index is 11.6. The predicted molar refractivity (Wildman–Crippen MR) is 86.2 cm³/mol. The van der Waals surface area contributed by atoms with Gasteiger partial charge in [-0.05, 0) is 18.2 Å². The molecule has 0 bridgehead atoms. The quantitative estimate of drug-likeness (QED) is 0.696. The van der Waals surface area contributed by atoms with Gasteiger partial charge in [-0.25, -0.2) is 0 Å². The van der Waals surface area contributed by atoms with Crippen LogP contribution in [0.25, 0.3) is 0 Å². The fourth-order valence-electron chi connectivity index (χ4n) is 1.57. The molecule has 0 radical (unpaired) electrons. The molecule has 0 unspecified atom stereocenters. The molecule has 8 nitrogen and oxygen atoms in total. The van der Waals surface area contributed by atoms with Crippen LogP contribution in [0.2, 0.25) is 0 Å². The van der Waals surface area contributed by atoms with E-state index in [0.717, 1.165) is 0 Å². The Morgan fingerprint density at radius 2 is 1.25 bits per heavy atom. The molecule has 1 aromatic carbocycles. The van der Waals surface area contributed by atoms with Gasteiger partial charge in [0.2, 0.25) is 0 Å². The van der Waals surface area contributed by atoms with Gasteiger partial charge in [-0.2, -0.15) is 0 Å². The number of amides is 2. The number of benzene rings is 1. The van der Waals surface area contributed by atoms with E-state index in [-0.39, 0.29) is 26.1 Å². The number of rotatable bonds is 8. The lowest BCUT2D eigenvalue weighted by Crippen LogP contribution is -2.21. The van der Waals surface area contributed by atoms with E-state index in [4.69, 9.17) is 9.47 Å². The van der Waals surface area contributed by atoms with Crippen molar-refractivity contribution in [2.24, 2.45) is 0 Å². The Morgan fingerprint density at radius 1 is 0.833 bits per heavy atom. The van der Waals surface area contributed by atoms with Crippen LogP contribution in [0.15, 0.2) is 24.3 Å². The van der Waals surface area contributed by atoms with Crippen molar-refractivity contribution in [1.82, 2.24) is 0 Å². The summed E-state index contributed by atoms with van der Waals surface area (Å²) in [5.41, 5.74) is 0.854. The monoisotopic (exact) mass is 336 g/mol. The maximum absolute atomic E-state index is 11.6. The summed E-state index contributed by atoms with van der Waals surface area (Å²) < 4.78 is 9.43. The molecule has 0 aromatic heterocycles. The van der Waals surface area contributed by atoms with Gasteiger partial charge in [0, 0.05) is 24.2 Å². The van der Waals surface area contributed by atoms with Crippen molar-refractivity contribution in [2.45, 2.75) is 26.7 Å². The lowest BCUT2D eigenvalue weighted by molar-refractivity contribution is -0.147. The fourth-order valence-corrected chi connectivity index (χ4v) is 1.57. The van der Waals surface area contributed by atoms with Crippen LogP contribution in [-0.2, 0) is 28.7 Å². The van der Waals surface area contributed by atoms with Gasteiger partial charge in [0.05, 0.1) is 0 Å². The lowest BCUT2D eigenvalue weighted by atomic mass is 10.2.